The summed E-state index contributed by atoms with van der Waals surface area (Å²) < 4.78 is 11.4. The van der Waals surface area contributed by atoms with Crippen molar-refractivity contribution in [2.24, 2.45) is 0 Å². The highest BCUT2D eigenvalue weighted by atomic mass is 32.1. The molecule has 0 aliphatic carbocycles. The quantitative estimate of drug-likeness (QED) is 0.349. The molecule has 186 valence electrons. The van der Waals surface area contributed by atoms with E-state index >= 15 is 0 Å². The van der Waals surface area contributed by atoms with Gasteiger partial charge in [0, 0.05) is 30.1 Å². The van der Waals surface area contributed by atoms with Gasteiger partial charge in [0.25, 0.3) is 5.56 Å². The molecule has 2 heterocycles. The second kappa shape index (κ2) is 11.6. The van der Waals surface area contributed by atoms with E-state index in [1.165, 1.54) is 11.1 Å². The fourth-order valence-corrected chi connectivity index (χ4v) is 4.46. The van der Waals surface area contributed by atoms with E-state index in [4.69, 9.17) is 21.7 Å². The number of aryl methyl sites for hydroxylation is 1. The van der Waals surface area contributed by atoms with E-state index in [0.29, 0.717) is 48.5 Å². The van der Waals surface area contributed by atoms with Crippen molar-refractivity contribution in [2.75, 3.05) is 46.9 Å². The molecule has 0 unspecified atom stereocenters. The number of thiocarbonyl (C=S) groups is 1. The van der Waals surface area contributed by atoms with Gasteiger partial charge in [-0.25, -0.2) is 0 Å². The number of fused-ring (bicyclic) bond motifs is 2. The van der Waals surface area contributed by atoms with Crippen molar-refractivity contribution in [2.45, 2.75) is 26.3 Å². The second-order valence-electron chi connectivity index (χ2n) is 9.26. The van der Waals surface area contributed by atoms with Crippen molar-refractivity contribution < 1.29 is 9.47 Å². The monoisotopic (exact) mass is 494 g/mol. The van der Waals surface area contributed by atoms with E-state index < -0.39 is 0 Å². The number of pyridine rings is 1. The summed E-state index contributed by atoms with van der Waals surface area (Å²) in [4.78, 5) is 20.2. The summed E-state index contributed by atoms with van der Waals surface area (Å²) in [6.07, 6.45) is 1.83. The van der Waals surface area contributed by atoms with Crippen LogP contribution in [0.15, 0.2) is 47.3 Å². The molecule has 4 rings (SSSR count). The molecule has 2 N–H and O–H groups in total. The zero-order valence-corrected chi connectivity index (χ0v) is 21.5. The first-order valence-electron chi connectivity index (χ1n) is 12.1. The molecule has 0 radical (unpaired) electrons. The molecule has 0 saturated carbocycles. The highest BCUT2D eigenvalue weighted by Crippen LogP contribution is 2.33. The number of benzene rings is 2. The number of H-pyrrole nitrogens is 1. The number of nitrogens with one attached hydrogen (secondary N) is 2. The number of aromatic nitrogens is 1. The first-order valence-corrected chi connectivity index (χ1v) is 12.5. The van der Waals surface area contributed by atoms with E-state index in [1.54, 1.807) is 0 Å². The van der Waals surface area contributed by atoms with Crippen LogP contribution >= 0.6 is 12.2 Å². The van der Waals surface area contributed by atoms with E-state index in [0.717, 1.165) is 36.8 Å². The summed E-state index contributed by atoms with van der Waals surface area (Å²) in [7, 11) is 4.12. The average molecular weight is 495 g/mol. The topological polar surface area (TPSA) is 69.8 Å². The fourth-order valence-electron chi connectivity index (χ4n) is 4.20. The maximum Gasteiger partial charge on any atom is 0.253 e. The zero-order chi connectivity index (χ0) is 24.8. The van der Waals surface area contributed by atoms with Gasteiger partial charge in [0.05, 0.1) is 12.1 Å². The van der Waals surface area contributed by atoms with Gasteiger partial charge in [-0.3, -0.25) is 4.79 Å². The summed E-state index contributed by atoms with van der Waals surface area (Å²) in [6.45, 7) is 6.03. The van der Waals surface area contributed by atoms with Gasteiger partial charge >= 0.3 is 0 Å². The Morgan fingerprint density at radius 2 is 1.86 bits per heavy atom. The number of nitrogens with zero attached hydrogens (tertiary/aromatic N) is 2. The number of rotatable bonds is 9. The van der Waals surface area contributed by atoms with Crippen LogP contribution in [0.25, 0.3) is 10.9 Å². The molecule has 0 spiro atoms. The summed E-state index contributed by atoms with van der Waals surface area (Å²) in [6, 6.07) is 14.2. The van der Waals surface area contributed by atoms with Crippen LogP contribution in [-0.2, 0) is 13.0 Å². The number of ether oxygens (including phenoxy) is 2. The third-order valence-corrected chi connectivity index (χ3v) is 6.45. The molecule has 0 fully saturated rings. The fraction of sp³-hybridized carbons (Fsp3) is 0.407. The lowest BCUT2D eigenvalue weighted by molar-refractivity contribution is 0.172. The molecule has 2 aromatic carbocycles. The molecule has 7 nitrogen and oxygen atoms in total. The molecule has 8 heteroatoms. The first-order chi connectivity index (χ1) is 16.9. The maximum absolute atomic E-state index is 13.0. The van der Waals surface area contributed by atoms with Crippen LogP contribution in [0.1, 0.15) is 23.1 Å². The molecular formula is C27H34N4O3S. The van der Waals surface area contributed by atoms with Crippen molar-refractivity contribution in [1.29, 1.82) is 0 Å². The van der Waals surface area contributed by atoms with Crippen LogP contribution in [-0.4, -0.2) is 66.8 Å². The molecule has 1 aromatic heterocycles. The maximum atomic E-state index is 13.0. The van der Waals surface area contributed by atoms with E-state index in [-0.39, 0.29) is 5.56 Å². The minimum absolute atomic E-state index is 0.120. The van der Waals surface area contributed by atoms with Crippen LogP contribution in [0, 0.1) is 6.92 Å². The summed E-state index contributed by atoms with van der Waals surface area (Å²) >= 11 is 5.77. The zero-order valence-electron chi connectivity index (χ0n) is 20.7. The molecule has 0 bridgehead atoms. The van der Waals surface area contributed by atoms with E-state index in [9.17, 15) is 4.79 Å². The molecular weight excluding hydrogens is 460 g/mol. The molecule has 0 atom stereocenters. The van der Waals surface area contributed by atoms with Crippen molar-refractivity contribution in [3.8, 4) is 11.5 Å². The van der Waals surface area contributed by atoms with Gasteiger partial charge in [-0.05, 0) is 70.3 Å². The first kappa shape index (κ1) is 25.0. The van der Waals surface area contributed by atoms with Crippen molar-refractivity contribution in [1.82, 2.24) is 20.1 Å². The molecule has 35 heavy (non-hydrogen) atoms. The Labute approximate surface area is 212 Å². The molecule has 1 aliphatic heterocycles. The number of hydrogen-bond donors (Lipinski definition) is 2. The van der Waals surface area contributed by atoms with Crippen LogP contribution in [0.5, 0.6) is 11.5 Å². The smallest absolute Gasteiger partial charge is 0.253 e. The van der Waals surface area contributed by atoms with E-state index in [2.05, 4.69) is 65.4 Å². The number of hydrogen-bond acceptors (Lipinski definition) is 5. The molecule has 3 aromatic rings. The van der Waals surface area contributed by atoms with Crippen LogP contribution in [0.4, 0.5) is 0 Å². The minimum atomic E-state index is -0.120. The number of aromatic amines is 1. The second-order valence-corrected chi connectivity index (χ2v) is 9.64. The van der Waals surface area contributed by atoms with Gasteiger partial charge in [-0.15, -0.1) is 0 Å². The molecule has 1 aliphatic rings. The Balaban J connectivity index is 1.54. The standard InChI is InChI=1S/C27H34N4O3S/c1-19-6-4-7-20(14-19)8-11-31(27(35)28-9-5-10-30(2)3)18-22-15-21-16-24-25(34-13-12-33-24)17-23(21)29-26(22)32/h4,6-7,14-17H,5,8-13,18H2,1-3H3,(H,28,35)(H,29,32). The van der Waals surface area contributed by atoms with Crippen molar-refractivity contribution in [3.05, 3.63) is 69.5 Å². The SMILES string of the molecule is Cc1cccc(CCN(Cc2cc3cc4c(cc3[nH]c2=O)OCCO4)C(=S)NCCCN(C)C)c1. The average Bonchev–Trinajstić information content (AvgIpc) is 2.83. The third kappa shape index (κ3) is 6.74. The predicted molar refractivity (Wildman–Crippen MR) is 145 cm³/mol. The normalized spacial score (nSPS) is 12.7. The Hall–Kier alpha value is -3.10. The van der Waals surface area contributed by atoms with Crippen molar-refractivity contribution in [3.63, 3.8) is 0 Å². The Bertz CT molecular complexity index is 1240. The van der Waals surface area contributed by atoms with Crippen molar-refractivity contribution >= 4 is 28.2 Å². The largest absolute Gasteiger partial charge is 0.486 e. The van der Waals surface area contributed by atoms with Crippen LogP contribution < -0.4 is 20.3 Å². The predicted octanol–water partition coefficient (Wildman–Crippen LogP) is 3.48. The lowest BCUT2D eigenvalue weighted by Gasteiger charge is -2.26. The van der Waals surface area contributed by atoms with Crippen LogP contribution in [0.2, 0.25) is 0 Å². The highest BCUT2D eigenvalue weighted by molar-refractivity contribution is 7.80. The third-order valence-electron chi connectivity index (χ3n) is 6.04. The van der Waals surface area contributed by atoms with Gasteiger partial charge < -0.3 is 29.6 Å². The highest BCUT2D eigenvalue weighted by Gasteiger charge is 2.17. The van der Waals surface area contributed by atoms with Crippen LogP contribution in [0.3, 0.4) is 0 Å². The van der Waals surface area contributed by atoms with Gasteiger partial charge in [-0.2, -0.15) is 0 Å². The lowest BCUT2D eigenvalue weighted by atomic mass is 10.1. The Morgan fingerprint density at radius 3 is 2.60 bits per heavy atom. The molecule has 0 saturated heterocycles. The Morgan fingerprint density at radius 1 is 1.09 bits per heavy atom. The summed E-state index contributed by atoms with van der Waals surface area (Å²) in [5.41, 5.74) is 3.76. The molecule has 0 amide bonds. The summed E-state index contributed by atoms with van der Waals surface area (Å²) in [5, 5.41) is 4.96. The van der Waals surface area contributed by atoms with Gasteiger partial charge in [0.1, 0.15) is 13.2 Å². The van der Waals surface area contributed by atoms with Gasteiger partial charge in [-0.1, -0.05) is 29.8 Å². The summed E-state index contributed by atoms with van der Waals surface area (Å²) in [5.74, 6) is 1.37. The lowest BCUT2D eigenvalue weighted by Crippen LogP contribution is -2.42. The van der Waals surface area contributed by atoms with Gasteiger partial charge in [0.2, 0.25) is 0 Å². The Kier molecular flexibility index (Phi) is 8.25. The van der Waals surface area contributed by atoms with E-state index in [1.807, 2.05) is 18.2 Å². The minimum Gasteiger partial charge on any atom is -0.486 e. The van der Waals surface area contributed by atoms with Gasteiger partial charge in [0.15, 0.2) is 16.6 Å².